The van der Waals surface area contributed by atoms with Gasteiger partial charge in [0.05, 0.1) is 0 Å². The zero-order valence-corrected chi connectivity index (χ0v) is 12.6. The van der Waals surface area contributed by atoms with Crippen molar-refractivity contribution in [1.29, 1.82) is 0 Å². The number of furan rings is 1. The van der Waals surface area contributed by atoms with E-state index in [0.29, 0.717) is 15.8 Å². The van der Waals surface area contributed by atoms with Crippen LogP contribution in [0.1, 0.15) is 21.7 Å². The number of halogens is 3. The van der Waals surface area contributed by atoms with Crippen molar-refractivity contribution in [3.63, 3.8) is 0 Å². The molecule has 1 aromatic heterocycles. The number of aryl methyl sites for hydroxylation is 1. The van der Waals surface area contributed by atoms with Crippen LogP contribution in [-0.4, -0.2) is 12.5 Å². The van der Waals surface area contributed by atoms with Crippen LogP contribution in [0.3, 0.4) is 0 Å². The van der Waals surface area contributed by atoms with Gasteiger partial charge >= 0.3 is 6.61 Å². The van der Waals surface area contributed by atoms with Crippen molar-refractivity contribution in [3.05, 3.63) is 51.9 Å². The quantitative estimate of drug-likeness (QED) is 0.881. The Morgan fingerprint density at radius 3 is 2.76 bits per heavy atom. The van der Waals surface area contributed by atoms with Crippen molar-refractivity contribution in [1.82, 2.24) is 5.32 Å². The number of hydrogen-bond acceptors (Lipinski definition) is 3. The lowest BCUT2D eigenvalue weighted by molar-refractivity contribution is -0.0504. The molecule has 112 valence electrons. The summed E-state index contributed by atoms with van der Waals surface area (Å²) in [6, 6.07) is 7.94. The van der Waals surface area contributed by atoms with E-state index in [2.05, 4.69) is 26.0 Å². The van der Waals surface area contributed by atoms with E-state index >= 15 is 0 Å². The Balaban J connectivity index is 2.06. The number of rotatable bonds is 5. The van der Waals surface area contributed by atoms with Crippen LogP contribution in [0.25, 0.3) is 0 Å². The zero-order chi connectivity index (χ0) is 15.4. The second-order valence-electron chi connectivity index (χ2n) is 4.23. The molecule has 4 nitrogen and oxygen atoms in total. The molecule has 21 heavy (non-hydrogen) atoms. The van der Waals surface area contributed by atoms with Crippen LogP contribution in [0.4, 0.5) is 8.78 Å². The van der Waals surface area contributed by atoms with Crippen LogP contribution in [0.15, 0.2) is 39.4 Å². The van der Waals surface area contributed by atoms with Crippen molar-refractivity contribution < 1.29 is 22.7 Å². The predicted molar refractivity (Wildman–Crippen MR) is 75.4 cm³/mol. The van der Waals surface area contributed by atoms with Crippen LogP contribution in [-0.2, 0) is 6.54 Å². The van der Waals surface area contributed by atoms with Gasteiger partial charge in [-0.1, -0.05) is 18.2 Å². The molecular weight excluding hydrogens is 348 g/mol. The monoisotopic (exact) mass is 359 g/mol. The van der Waals surface area contributed by atoms with Crippen molar-refractivity contribution >= 4 is 21.8 Å². The molecular formula is C14H12BrF2NO3. The van der Waals surface area contributed by atoms with E-state index < -0.39 is 12.5 Å². The molecule has 7 heteroatoms. The zero-order valence-electron chi connectivity index (χ0n) is 11.0. The standard InChI is InChI=1S/C14H12BrF2NO3/c1-8-6-11(15)21-12(8)13(19)18-7-9-4-2-3-5-10(9)20-14(16)17/h2-6,14H,7H2,1H3,(H,18,19). The molecule has 0 fully saturated rings. The molecule has 0 aliphatic heterocycles. The topological polar surface area (TPSA) is 51.5 Å². The molecule has 0 spiro atoms. The summed E-state index contributed by atoms with van der Waals surface area (Å²) < 4.78 is 34.6. The van der Waals surface area contributed by atoms with Gasteiger partial charge in [-0.2, -0.15) is 8.78 Å². The smallest absolute Gasteiger partial charge is 0.387 e. The molecule has 0 aliphatic carbocycles. The minimum Gasteiger partial charge on any atom is -0.444 e. The van der Waals surface area contributed by atoms with Crippen molar-refractivity contribution in [2.75, 3.05) is 0 Å². The summed E-state index contributed by atoms with van der Waals surface area (Å²) >= 11 is 3.14. The normalized spacial score (nSPS) is 10.7. The van der Waals surface area contributed by atoms with Crippen LogP contribution in [0.2, 0.25) is 0 Å². The summed E-state index contributed by atoms with van der Waals surface area (Å²) in [7, 11) is 0. The number of benzene rings is 1. The van der Waals surface area contributed by atoms with Gasteiger partial charge in [0.25, 0.3) is 5.91 Å². The highest BCUT2D eigenvalue weighted by Gasteiger charge is 2.16. The molecule has 1 N–H and O–H groups in total. The van der Waals surface area contributed by atoms with Crippen molar-refractivity contribution in [3.8, 4) is 5.75 Å². The fourth-order valence-electron chi connectivity index (χ4n) is 1.79. The summed E-state index contributed by atoms with van der Waals surface area (Å²) in [5.74, 6) is -0.218. The first-order valence-electron chi connectivity index (χ1n) is 6.04. The van der Waals surface area contributed by atoms with Gasteiger partial charge in [-0.15, -0.1) is 0 Å². The Labute approximate surface area is 128 Å². The number of amides is 1. The highest BCUT2D eigenvalue weighted by Crippen LogP contribution is 2.21. The fourth-order valence-corrected chi connectivity index (χ4v) is 2.29. The minimum absolute atomic E-state index is 0.0325. The van der Waals surface area contributed by atoms with E-state index in [-0.39, 0.29) is 18.1 Å². The first-order chi connectivity index (χ1) is 9.97. The molecule has 0 radical (unpaired) electrons. The van der Waals surface area contributed by atoms with E-state index in [9.17, 15) is 13.6 Å². The average Bonchev–Trinajstić information content (AvgIpc) is 2.76. The van der Waals surface area contributed by atoms with Crippen molar-refractivity contribution in [2.24, 2.45) is 0 Å². The first-order valence-corrected chi connectivity index (χ1v) is 6.83. The Bertz CT molecular complexity index is 643. The maximum Gasteiger partial charge on any atom is 0.387 e. The minimum atomic E-state index is -2.91. The van der Waals surface area contributed by atoms with Crippen molar-refractivity contribution in [2.45, 2.75) is 20.1 Å². The molecule has 0 saturated heterocycles. The second kappa shape index (κ2) is 6.71. The van der Waals surface area contributed by atoms with E-state index in [4.69, 9.17) is 4.42 Å². The van der Waals surface area contributed by atoms with E-state index in [0.717, 1.165) is 0 Å². The van der Waals surface area contributed by atoms with E-state index in [1.807, 2.05) is 0 Å². The Morgan fingerprint density at radius 2 is 2.14 bits per heavy atom. The molecule has 1 heterocycles. The van der Waals surface area contributed by atoms with Gasteiger partial charge in [0, 0.05) is 17.7 Å². The highest BCUT2D eigenvalue weighted by atomic mass is 79.9. The maximum atomic E-state index is 12.3. The lowest BCUT2D eigenvalue weighted by Crippen LogP contribution is -2.23. The fraction of sp³-hybridized carbons (Fsp3) is 0.214. The highest BCUT2D eigenvalue weighted by molar-refractivity contribution is 9.10. The number of nitrogens with one attached hydrogen (secondary N) is 1. The van der Waals surface area contributed by atoms with Gasteiger partial charge in [0.1, 0.15) is 5.75 Å². The summed E-state index contributed by atoms with van der Waals surface area (Å²) in [5.41, 5.74) is 1.13. The SMILES string of the molecule is Cc1cc(Br)oc1C(=O)NCc1ccccc1OC(F)F. The summed E-state index contributed by atoms with van der Waals surface area (Å²) in [6.45, 7) is -1.12. The predicted octanol–water partition coefficient (Wildman–Crippen LogP) is 3.88. The van der Waals surface area contributed by atoms with Gasteiger partial charge in [-0.05, 0) is 35.0 Å². The Morgan fingerprint density at radius 1 is 1.43 bits per heavy atom. The molecule has 1 aromatic carbocycles. The molecule has 0 bridgehead atoms. The number of alkyl halides is 2. The van der Waals surface area contributed by atoms with E-state index in [1.165, 1.54) is 6.07 Å². The summed E-state index contributed by atoms with van der Waals surface area (Å²) in [4.78, 5) is 12.0. The molecule has 1 amide bonds. The number of carbonyl (C=O) groups excluding carboxylic acids is 1. The largest absolute Gasteiger partial charge is 0.444 e. The van der Waals surface area contributed by atoms with Gasteiger partial charge in [0.2, 0.25) is 0 Å². The number of para-hydroxylation sites is 1. The molecule has 0 unspecified atom stereocenters. The number of hydrogen-bond donors (Lipinski definition) is 1. The number of carbonyl (C=O) groups is 1. The third-order valence-corrected chi connectivity index (χ3v) is 3.11. The molecule has 2 aromatic rings. The third-order valence-electron chi connectivity index (χ3n) is 2.72. The van der Waals surface area contributed by atoms with Gasteiger partial charge < -0.3 is 14.5 Å². The van der Waals surface area contributed by atoms with Crippen LogP contribution in [0, 0.1) is 6.92 Å². The Kier molecular flexibility index (Phi) is 4.95. The molecule has 0 saturated carbocycles. The van der Waals surface area contributed by atoms with E-state index in [1.54, 1.807) is 31.2 Å². The molecule has 0 atom stereocenters. The van der Waals surface area contributed by atoms with Crippen LogP contribution >= 0.6 is 15.9 Å². The van der Waals surface area contributed by atoms with Gasteiger partial charge in [-0.3, -0.25) is 4.79 Å². The lowest BCUT2D eigenvalue weighted by atomic mass is 10.2. The molecule has 2 rings (SSSR count). The maximum absolute atomic E-state index is 12.3. The summed E-state index contributed by atoms with van der Waals surface area (Å²) in [5, 5.41) is 2.60. The summed E-state index contributed by atoms with van der Waals surface area (Å²) in [6.07, 6.45) is 0. The van der Waals surface area contributed by atoms with Gasteiger partial charge in [-0.25, -0.2) is 0 Å². The molecule has 0 aliphatic rings. The van der Waals surface area contributed by atoms with Crippen LogP contribution < -0.4 is 10.1 Å². The first kappa shape index (κ1) is 15.5. The van der Waals surface area contributed by atoms with Crippen LogP contribution in [0.5, 0.6) is 5.75 Å². The lowest BCUT2D eigenvalue weighted by Gasteiger charge is -2.11. The third kappa shape index (κ3) is 4.04. The second-order valence-corrected chi connectivity index (χ2v) is 5.01. The number of ether oxygens (including phenoxy) is 1. The average molecular weight is 360 g/mol. The van der Waals surface area contributed by atoms with Gasteiger partial charge in [0.15, 0.2) is 10.4 Å². The Hall–Kier alpha value is -1.89.